The summed E-state index contributed by atoms with van der Waals surface area (Å²) >= 11 is 3.22. The molecular weight excluding hydrogens is 280 g/mol. The van der Waals surface area contributed by atoms with Gasteiger partial charge in [0, 0.05) is 16.5 Å². The van der Waals surface area contributed by atoms with E-state index in [0.717, 1.165) is 4.47 Å². The maximum Gasteiger partial charge on any atom is 0.182 e. The molecule has 1 aromatic carbocycles. The molecule has 1 atom stereocenters. The highest BCUT2D eigenvalue weighted by Gasteiger charge is 2.35. The molecule has 0 radical (unpaired) electrons. The van der Waals surface area contributed by atoms with Gasteiger partial charge in [-0.15, -0.1) is 0 Å². The molecule has 1 aliphatic rings. The summed E-state index contributed by atoms with van der Waals surface area (Å²) in [6.45, 7) is 1.57. The van der Waals surface area contributed by atoms with Crippen LogP contribution in [0.15, 0.2) is 27.6 Å². The topological polar surface area (TPSA) is 51.2 Å². The number of carbonyl (C=O) groups excluding carboxylic acids is 1. The van der Waals surface area contributed by atoms with Crippen molar-refractivity contribution >= 4 is 31.6 Å². The van der Waals surface area contributed by atoms with E-state index in [1.54, 1.807) is 19.1 Å². The Labute approximate surface area is 96.5 Å². The van der Waals surface area contributed by atoms with E-state index in [1.807, 2.05) is 0 Å². The first-order chi connectivity index (χ1) is 6.93. The molecule has 80 valence electrons. The number of ketones is 1. The minimum absolute atomic E-state index is 0.0752. The summed E-state index contributed by atoms with van der Waals surface area (Å²) in [5, 5.41) is -0.612. The van der Waals surface area contributed by atoms with Crippen LogP contribution in [0.2, 0.25) is 0 Å². The van der Waals surface area contributed by atoms with Crippen LogP contribution in [0.5, 0.6) is 0 Å². The summed E-state index contributed by atoms with van der Waals surface area (Å²) in [7, 11) is -3.31. The van der Waals surface area contributed by atoms with Crippen molar-refractivity contribution in [2.45, 2.75) is 23.5 Å². The van der Waals surface area contributed by atoms with Crippen molar-refractivity contribution in [3.63, 3.8) is 0 Å². The van der Waals surface area contributed by atoms with Crippen LogP contribution in [0.1, 0.15) is 23.7 Å². The number of carbonyl (C=O) groups is 1. The molecule has 5 heteroatoms. The molecule has 0 fully saturated rings. The third-order valence-corrected chi connectivity index (χ3v) is 5.24. The summed E-state index contributed by atoms with van der Waals surface area (Å²) in [6, 6.07) is 4.70. The van der Waals surface area contributed by atoms with Crippen molar-refractivity contribution in [2.24, 2.45) is 0 Å². The maximum atomic E-state index is 11.9. The highest BCUT2D eigenvalue weighted by atomic mass is 79.9. The summed E-state index contributed by atoms with van der Waals surface area (Å²) in [5.74, 6) is -0.103. The van der Waals surface area contributed by atoms with Crippen LogP contribution in [0, 0.1) is 0 Å². The predicted molar refractivity (Wildman–Crippen MR) is 59.7 cm³/mol. The number of rotatable bonds is 0. The van der Waals surface area contributed by atoms with E-state index in [0.29, 0.717) is 5.56 Å². The molecule has 0 saturated carbocycles. The van der Waals surface area contributed by atoms with Crippen LogP contribution in [0.3, 0.4) is 0 Å². The van der Waals surface area contributed by atoms with Gasteiger partial charge in [0.15, 0.2) is 15.6 Å². The largest absolute Gasteiger partial charge is 0.294 e. The number of sulfone groups is 1. The van der Waals surface area contributed by atoms with Gasteiger partial charge in [-0.25, -0.2) is 8.42 Å². The van der Waals surface area contributed by atoms with Crippen LogP contribution in [-0.2, 0) is 9.84 Å². The Bertz CT molecular complexity index is 534. The Morgan fingerprint density at radius 2 is 2.07 bits per heavy atom. The second-order valence-corrected chi connectivity index (χ2v) is 6.87. The number of halogens is 1. The summed E-state index contributed by atoms with van der Waals surface area (Å²) in [4.78, 5) is 11.8. The molecule has 1 unspecified atom stereocenters. The molecule has 0 saturated heterocycles. The lowest BCUT2D eigenvalue weighted by Gasteiger charge is -2.20. The Hall–Kier alpha value is -0.680. The minimum Gasteiger partial charge on any atom is -0.294 e. The predicted octanol–water partition coefficient (Wildman–Crippen LogP) is 2.20. The van der Waals surface area contributed by atoms with Crippen LogP contribution >= 0.6 is 15.9 Å². The number of hydrogen-bond donors (Lipinski definition) is 0. The molecule has 1 aromatic rings. The van der Waals surface area contributed by atoms with E-state index < -0.39 is 15.1 Å². The fourth-order valence-corrected chi connectivity index (χ4v) is 3.57. The lowest BCUT2D eigenvalue weighted by molar-refractivity contribution is 0.0975. The molecule has 0 N–H and O–H groups in total. The second-order valence-electron chi connectivity index (χ2n) is 3.62. The maximum absolute atomic E-state index is 11.9. The van der Waals surface area contributed by atoms with Gasteiger partial charge >= 0.3 is 0 Å². The zero-order valence-electron chi connectivity index (χ0n) is 8.03. The van der Waals surface area contributed by atoms with Crippen LogP contribution < -0.4 is 0 Å². The van der Waals surface area contributed by atoms with Crippen molar-refractivity contribution in [3.8, 4) is 0 Å². The smallest absolute Gasteiger partial charge is 0.182 e. The van der Waals surface area contributed by atoms with Crippen molar-refractivity contribution in [1.82, 2.24) is 0 Å². The van der Waals surface area contributed by atoms with Crippen molar-refractivity contribution in [3.05, 3.63) is 28.2 Å². The van der Waals surface area contributed by atoms with E-state index in [4.69, 9.17) is 0 Å². The number of benzene rings is 1. The van der Waals surface area contributed by atoms with Crippen LogP contribution in [0.4, 0.5) is 0 Å². The fourth-order valence-electron chi connectivity index (χ4n) is 1.67. The van der Waals surface area contributed by atoms with Crippen LogP contribution in [-0.4, -0.2) is 19.5 Å². The van der Waals surface area contributed by atoms with Crippen molar-refractivity contribution < 1.29 is 13.2 Å². The highest BCUT2D eigenvalue weighted by molar-refractivity contribution is 9.10. The second kappa shape index (κ2) is 3.42. The quantitative estimate of drug-likeness (QED) is 0.735. The lowest BCUT2D eigenvalue weighted by Crippen LogP contribution is -2.28. The third kappa shape index (κ3) is 1.63. The molecule has 1 heterocycles. The normalized spacial score (nSPS) is 23.6. The van der Waals surface area contributed by atoms with Gasteiger partial charge in [-0.05, 0) is 25.1 Å². The Balaban J connectivity index is 2.76. The highest BCUT2D eigenvalue weighted by Crippen LogP contribution is 2.31. The van der Waals surface area contributed by atoms with E-state index in [2.05, 4.69) is 15.9 Å². The lowest BCUT2D eigenvalue weighted by atomic mass is 10.1. The molecule has 0 bridgehead atoms. The molecule has 15 heavy (non-hydrogen) atoms. The zero-order valence-corrected chi connectivity index (χ0v) is 10.4. The number of Topliss-reactive ketones (excluding diaryl/α,β-unsaturated/α-hetero) is 1. The van der Waals surface area contributed by atoms with Gasteiger partial charge in [0.25, 0.3) is 0 Å². The monoisotopic (exact) mass is 288 g/mol. The molecule has 1 aliphatic heterocycles. The van der Waals surface area contributed by atoms with Gasteiger partial charge in [0.2, 0.25) is 0 Å². The molecular formula is C10H9BrO3S. The summed E-state index contributed by atoms with van der Waals surface area (Å²) in [5.41, 5.74) is 0.308. The Morgan fingerprint density at radius 3 is 2.73 bits per heavy atom. The van der Waals surface area contributed by atoms with Crippen molar-refractivity contribution in [1.29, 1.82) is 0 Å². The van der Waals surface area contributed by atoms with Gasteiger partial charge in [-0.2, -0.15) is 0 Å². The van der Waals surface area contributed by atoms with Gasteiger partial charge in [0.1, 0.15) is 0 Å². The van der Waals surface area contributed by atoms with Crippen LogP contribution in [0.25, 0.3) is 0 Å². The van der Waals surface area contributed by atoms with E-state index in [-0.39, 0.29) is 17.1 Å². The first-order valence-corrected chi connectivity index (χ1v) is 6.83. The first kappa shape index (κ1) is 10.8. The average Bonchev–Trinajstić information content (AvgIpc) is 2.15. The van der Waals surface area contributed by atoms with Gasteiger partial charge < -0.3 is 0 Å². The molecule has 0 spiro atoms. The molecule has 3 nitrogen and oxygen atoms in total. The minimum atomic E-state index is -3.31. The number of fused-ring (bicyclic) bond motifs is 1. The van der Waals surface area contributed by atoms with E-state index >= 15 is 0 Å². The van der Waals surface area contributed by atoms with Gasteiger partial charge in [-0.3, -0.25) is 4.79 Å². The Morgan fingerprint density at radius 1 is 1.40 bits per heavy atom. The molecule has 2 rings (SSSR count). The SMILES string of the molecule is CC1CC(=O)c2cc(Br)ccc2S1(=O)=O. The molecule has 0 aliphatic carbocycles. The number of hydrogen-bond acceptors (Lipinski definition) is 3. The van der Waals surface area contributed by atoms with Crippen molar-refractivity contribution in [2.75, 3.05) is 0 Å². The standard InChI is InChI=1S/C10H9BrO3S/c1-6-4-9(12)8-5-7(11)2-3-10(8)15(6,13)14/h2-3,5-6H,4H2,1H3. The van der Waals surface area contributed by atoms with E-state index in [9.17, 15) is 13.2 Å². The van der Waals surface area contributed by atoms with Gasteiger partial charge in [0.05, 0.1) is 10.1 Å². The summed E-state index contributed by atoms with van der Waals surface area (Å²) < 4.78 is 24.5. The first-order valence-electron chi connectivity index (χ1n) is 4.49. The van der Waals surface area contributed by atoms with E-state index in [1.165, 1.54) is 6.07 Å². The summed E-state index contributed by atoms with van der Waals surface area (Å²) in [6.07, 6.45) is 0.0752. The van der Waals surface area contributed by atoms with Gasteiger partial charge in [-0.1, -0.05) is 15.9 Å². The fraction of sp³-hybridized carbons (Fsp3) is 0.300. The molecule has 0 aromatic heterocycles. The molecule has 0 amide bonds. The zero-order chi connectivity index (χ0) is 11.2. The Kier molecular flexibility index (Phi) is 2.47. The third-order valence-electron chi connectivity index (χ3n) is 2.55. The average molecular weight is 289 g/mol.